The van der Waals surface area contributed by atoms with Crippen LogP contribution < -0.4 is 31.9 Å². The first-order chi connectivity index (χ1) is 31.4. The maximum Gasteiger partial charge on any atom is 0.234 e. The van der Waals surface area contributed by atoms with Gasteiger partial charge in [0.2, 0.25) is 35.4 Å². The van der Waals surface area contributed by atoms with Crippen LogP contribution in [0.3, 0.4) is 0 Å². The Morgan fingerprint density at radius 3 is 1.19 bits per heavy atom. The monoisotopic (exact) mass is 969 g/mol. The molecule has 0 radical (unpaired) electrons. The van der Waals surface area contributed by atoms with E-state index in [1.165, 1.54) is 38.5 Å². The lowest BCUT2D eigenvalue weighted by atomic mass is 10.1. The summed E-state index contributed by atoms with van der Waals surface area (Å²) >= 11 is 0. The number of likely N-dealkylation sites (tertiary alicyclic amines) is 1. The number of carbonyl (C=O) groups is 6. The Labute approximate surface area is 417 Å². The second kappa shape index (κ2) is 40.4. The Hall–Kier alpha value is -3.34. The van der Waals surface area contributed by atoms with Crippen molar-refractivity contribution in [2.75, 3.05) is 67.5 Å². The normalized spacial score (nSPS) is 14.3. The lowest BCUT2D eigenvalue weighted by molar-refractivity contribution is -0.123. The number of likely N-dealkylation sites (N-methyl/N-ethyl adjacent to an activating group) is 3. The quantitative estimate of drug-likeness (QED) is 0.0777. The number of rotatable bonds is 22. The molecule has 0 aromatic heterocycles. The minimum absolute atomic E-state index is 0.0833. The van der Waals surface area contributed by atoms with Gasteiger partial charge in [0.1, 0.15) is 0 Å². The predicted octanol–water partition coefficient (Wildman–Crippen LogP) is 5.78. The molecule has 3 fully saturated rings. The average molecular weight is 969 g/mol. The van der Waals surface area contributed by atoms with Gasteiger partial charge in [0.05, 0.1) is 26.2 Å². The molecule has 16 heteroatoms. The van der Waals surface area contributed by atoms with Gasteiger partial charge >= 0.3 is 0 Å². The van der Waals surface area contributed by atoms with Gasteiger partial charge in [-0.15, -0.1) is 0 Å². The van der Waals surface area contributed by atoms with Gasteiger partial charge in [-0.1, -0.05) is 26.7 Å². The zero-order chi connectivity index (χ0) is 53.1. The van der Waals surface area contributed by atoms with E-state index < -0.39 is 0 Å². The highest BCUT2D eigenvalue weighted by atomic mass is 16.2. The van der Waals surface area contributed by atoms with Crippen LogP contribution in [0.1, 0.15) is 175 Å². The van der Waals surface area contributed by atoms with E-state index >= 15 is 0 Å². The summed E-state index contributed by atoms with van der Waals surface area (Å²) in [6.07, 6.45) is 11.2. The Morgan fingerprint density at radius 1 is 0.471 bits per heavy atom. The van der Waals surface area contributed by atoms with Crippen molar-refractivity contribution in [1.29, 1.82) is 0 Å². The maximum absolute atomic E-state index is 11.3. The van der Waals surface area contributed by atoms with Crippen molar-refractivity contribution < 1.29 is 28.8 Å². The number of carbonyl (C=O) groups excluding carboxylic acids is 6. The Bertz CT molecular complexity index is 1250. The highest BCUT2D eigenvalue weighted by molar-refractivity contribution is 5.79. The third-order valence-corrected chi connectivity index (χ3v) is 9.99. The Kier molecular flexibility index (Phi) is 40.9. The fourth-order valence-electron chi connectivity index (χ4n) is 6.13. The molecule has 1 saturated heterocycles. The van der Waals surface area contributed by atoms with E-state index in [1.54, 1.807) is 0 Å². The first-order valence-corrected chi connectivity index (χ1v) is 26.0. The number of hydrogen-bond acceptors (Lipinski definition) is 10. The molecule has 0 aromatic rings. The molecule has 16 nitrogen and oxygen atoms in total. The van der Waals surface area contributed by atoms with E-state index in [0.717, 1.165) is 38.3 Å². The molecule has 0 aromatic carbocycles. The molecule has 68 heavy (non-hydrogen) atoms. The fraction of sp³-hybridized carbons (Fsp3) is 0.885. The molecule has 3 rings (SSSR count). The zero-order valence-corrected chi connectivity index (χ0v) is 47.3. The van der Waals surface area contributed by atoms with Crippen molar-refractivity contribution in [3.05, 3.63) is 0 Å². The topological polar surface area (TPSA) is 188 Å². The van der Waals surface area contributed by atoms with Crippen molar-refractivity contribution >= 4 is 35.4 Å². The van der Waals surface area contributed by atoms with Crippen molar-refractivity contribution in [3.8, 4) is 0 Å². The molecule has 0 atom stereocenters. The minimum Gasteiger partial charge on any atom is -0.354 e. The number of nitrogens with zero attached hydrogens (tertiary/aromatic N) is 4. The van der Waals surface area contributed by atoms with Crippen LogP contribution in [0, 0.1) is 11.8 Å². The third-order valence-electron chi connectivity index (χ3n) is 9.99. The van der Waals surface area contributed by atoms with Crippen molar-refractivity contribution in [1.82, 2.24) is 51.5 Å². The standard InChI is InChI=1S/2C9H18N2O.C9H20N2O.C9H17NO.C9H19NO.C7H16N2O/c1-7(2)10-9(12)6-11(3)8-4-5-8;1-8(2)10-9(12)7-11-5-3-4-6-11;1-7(2)10-9(12)6-11(5)8(3)4;1-7(2)10-9(11)6-5-8-3-4-8;1-7(2)5-6-9(11)10-8(3)4;1-6(2)8-7(10)5-9(3)4/h7-8H,4-6H2,1-3H3,(H,10,12);8H,3-7H2,1-2H3,(H,10,12);7-8H,6H2,1-5H3,(H,10,12);7-8H,3-6H2,1-2H3,(H,10,11);7-8H,5-6H2,1-4H3,(H,10,11);6H,5H2,1-4H3,(H,8,10). The number of hydrogen-bond donors (Lipinski definition) is 6. The van der Waals surface area contributed by atoms with Crippen LogP contribution >= 0.6 is 0 Å². The summed E-state index contributed by atoms with van der Waals surface area (Å²) in [6, 6.07) is 2.65. The SMILES string of the molecule is CC(C)CCC(=O)NC(C)C.CC(C)NC(=O)CCC1CC1.CC(C)NC(=O)CN(C)C.CC(C)NC(=O)CN(C)C(C)C.CC(C)NC(=O)CN(C)C1CC1.CC(C)NC(=O)CN1CCCC1. The lowest BCUT2D eigenvalue weighted by Gasteiger charge is -2.20. The van der Waals surface area contributed by atoms with Crippen molar-refractivity contribution in [2.24, 2.45) is 11.8 Å². The second-order valence-electron chi connectivity index (χ2n) is 21.6. The molecule has 0 bridgehead atoms. The van der Waals surface area contributed by atoms with Crippen LogP contribution in [-0.4, -0.2) is 171 Å². The van der Waals surface area contributed by atoms with Gasteiger partial charge in [-0.2, -0.15) is 0 Å². The van der Waals surface area contributed by atoms with Gasteiger partial charge in [0.25, 0.3) is 0 Å². The third kappa shape index (κ3) is 52.0. The largest absolute Gasteiger partial charge is 0.354 e. The number of nitrogens with one attached hydrogen (secondary N) is 6. The molecule has 0 spiro atoms. The smallest absolute Gasteiger partial charge is 0.234 e. The van der Waals surface area contributed by atoms with Crippen molar-refractivity contribution in [2.45, 2.75) is 223 Å². The zero-order valence-electron chi connectivity index (χ0n) is 47.3. The molecule has 2 aliphatic carbocycles. The number of amides is 6. The van der Waals surface area contributed by atoms with Crippen LogP contribution in [0.25, 0.3) is 0 Å². The molecule has 3 aliphatic rings. The Balaban J connectivity index is -0.000000747. The molecular weight excluding hydrogens is 861 g/mol. The summed E-state index contributed by atoms with van der Waals surface area (Å²) in [5, 5.41) is 17.2. The van der Waals surface area contributed by atoms with Crippen LogP contribution in [0.4, 0.5) is 0 Å². The fourth-order valence-corrected chi connectivity index (χ4v) is 6.13. The predicted molar refractivity (Wildman–Crippen MR) is 283 cm³/mol. The van der Waals surface area contributed by atoms with Crippen LogP contribution in [-0.2, 0) is 28.8 Å². The molecule has 6 N–H and O–H groups in total. The average Bonchev–Trinajstić information content (AvgIpc) is 4.11. The van der Waals surface area contributed by atoms with Gasteiger partial charge in [0.15, 0.2) is 0 Å². The maximum atomic E-state index is 11.3. The molecule has 1 aliphatic heterocycles. The van der Waals surface area contributed by atoms with E-state index in [9.17, 15) is 28.8 Å². The van der Waals surface area contributed by atoms with Crippen LogP contribution in [0.5, 0.6) is 0 Å². The molecular formula is C52H108N10O6. The molecule has 0 unspecified atom stereocenters. The summed E-state index contributed by atoms with van der Waals surface area (Å²) in [6.45, 7) is 36.4. The van der Waals surface area contributed by atoms with E-state index in [-0.39, 0.29) is 65.7 Å². The molecule has 6 amide bonds. The van der Waals surface area contributed by atoms with Crippen LogP contribution in [0.15, 0.2) is 0 Å². The molecule has 1 heterocycles. The van der Waals surface area contributed by atoms with Crippen molar-refractivity contribution in [3.63, 3.8) is 0 Å². The van der Waals surface area contributed by atoms with Gasteiger partial charge in [0, 0.05) is 61.2 Å². The van der Waals surface area contributed by atoms with E-state index in [2.05, 4.69) is 69.4 Å². The van der Waals surface area contributed by atoms with Gasteiger partial charge in [-0.3, -0.25) is 43.5 Å². The molecule has 402 valence electrons. The summed E-state index contributed by atoms with van der Waals surface area (Å²) < 4.78 is 0. The summed E-state index contributed by atoms with van der Waals surface area (Å²) in [5.74, 6) is 2.36. The van der Waals surface area contributed by atoms with Gasteiger partial charge < -0.3 is 36.8 Å². The van der Waals surface area contributed by atoms with Gasteiger partial charge in [-0.05, 0) is 189 Å². The summed E-state index contributed by atoms with van der Waals surface area (Å²) in [4.78, 5) is 74.9. The van der Waals surface area contributed by atoms with Gasteiger partial charge in [-0.25, -0.2) is 0 Å². The van der Waals surface area contributed by atoms with Crippen LogP contribution in [0.2, 0.25) is 0 Å². The second-order valence-corrected chi connectivity index (χ2v) is 21.6. The minimum atomic E-state index is 0.0833. The summed E-state index contributed by atoms with van der Waals surface area (Å²) in [7, 11) is 7.71. The first-order valence-electron chi connectivity index (χ1n) is 26.0. The molecule has 2 saturated carbocycles. The lowest BCUT2D eigenvalue weighted by Crippen LogP contribution is -2.40. The first kappa shape index (κ1) is 68.9. The highest BCUT2D eigenvalue weighted by Crippen LogP contribution is 2.33. The highest BCUT2D eigenvalue weighted by Gasteiger charge is 2.27. The summed E-state index contributed by atoms with van der Waals surface area (Å²) in [5.41, 5.74) is 0. The van der Waals surface area contributed by atoms with E-state index in [0.29, 0.717) is 56.6 Å². The van der Waals surface area contributed by atoms with E-state index in [4.69, 9.17) is 0 Å². The Morgan fingerprint density at radius 2 is 0.838 bits per heavy atom. The van der Waals surface area contributed by atoms with E-state index in [1.807, 2.05) is 121 Å².